The zero-order valence-corrected chi connectivity index (χ0v) is 14.1. The molecule has 0 aromatic carbocycles. The summed E-state index contributed by atoms with van der Waals surface area (Å²) in [7, 11) is 1.79. The Balaban J connectivity index is 3.44. The summed E-state index contributed by atoms with van der Waals surface area (Å²) in [6, 6.07) is 0. The molecule has 0 aromatic heterocycles. The fraction of sp³-hybridized carbons (Fsp3) is 0.933. The van der Waals surface area contributed by atoms with Gasteiger partial charge in [-0.15, -0.1) is 0 Å². The quantitative estimate of drug-likeness (QED) is 0.510. The fourth-order valence-corrected chi connectivity index (χ4v) is 2.63. The minimum absolute atomic E-state index is 0.0266. The summed E-state index contributed by atoms with van der Waals surface area (Å²) in [5.41, 5.74) is -4.13. The highest BCUT2D eigenvalue weighted by atomic mass is 32.2. The van der Waals surface area contributed by atoms with Gasteiger partial charge in [-0.2, -0.15) is 13.2 Å². The van der Waals surface area contributed by atoms with Crippen LogP contribution in [-0.2, 0) is 4.79 Å². The van der Waals surface area contributed by atoms with Crippen LogP contribution in [0, 0.1) is 0 Å². The van der Waals surface area contributed by atoms with Crippen molar-refractivity contribution in [2.45, 2.75) is 63.3 Å². The first-order valence-corrected chi connectivity index (χ1v) is 8.91. The second-order valence-corrected chi connectivity index (χ2v) is 6.57. The van der Waals surface area contributed by atoms with Gasteiger partial charge >= 0.3 is 5.51 Å². The van der Waals surface area contributed by atoms with Crippen LogP contribution in [-0.4, -0.2) is 47.4 Å². The van der Waals surface area contributed by atoms with E-state index in [1.165, 1.54) is 0 Å². The summed E-state index contributed by atoms with van der Waals surface area (Å²) in [6.07, 6.45) is 7.03. The molecule has 0 unspecified atom stereocenters. The number of halogens is 3. The van der Waals surface area contributed by atoms with Gasteiger partial charge in [-0.25, -0.2) is 0 Å². The SMILES string of the molecule is CN(CCCCCCO)C(=O)CCCCCCSC(F)(F)F. The van der Waals surface area contributed by atoms with E-state index >= 15 is 0 Å². The molecule has 0 saturated heterocycles. The van der Waals surface area contributed by atoms with Crippen molar-refractivity contribution in [2.24, 2.45) is 0 Å². The van der Waals surface area contributed by atoms with Crippen molar-refractivity contribution >= 4 is 17.7 Å². The Hall–Kier alpha value is -0.430. The van der Waals surface area contributed by atoms with E-state index in [-0.39, 0.29) is 30.0 Å². The zero-order valence-electron chi connectivity index (χ0n) is 13.3. The second-order valence-electron chi connectivity index (χ2n) is 5.41. The predicted molar refractivity (Wildman–Crippen MR) is 84.8 cm³/mol. The lowest BCUT2D eigenvalue weighted by molar-refractivity contribution is -0.130. The molecule has 0 heterocycles. The van der Waals surface area contributed by atoms with Crippen LogP contribution in [0.25, 0.3) is 0 Å². The lowest BCUT2D eigenvalue weighted by Gasteiger charge is -2.17. The number of thioether (sulfide) groups is 1. The van der Waals surface area contributed by atoms with Gasteiger partial charge in [0.2, 0.25) is 5.91 Å². The van der Waals surface area contributed by atoms with E-state index in [0.29, 0.717) is 12.8 Å². The highest BCUT2D eigenvalue weighted by Crippen LogP contribution is 2.30. The number of alkyl halides is 3. The number of carbonyl (C=O) groups excluding carboxylic acids is 1. The van der Waals surface area contributed by atoms with Crippen LogP contribution < -0.4 is 0 Å². The molecule has 0 aliphatic carbocycles. The van der Waals surface area contributed by atoms with Crippen LogP contribution in [0.3, 0.4) is 0 Å². The monoisotopic (exact) mass is 343 g/mol. The molecule has 1 N–H and O–H groups in total. The molecule has 0 bridgehead atoms. The van der Waals surface area contributed by atoms with Gasteiger partial charge in [0.15, 0.2) is 0 Å². The fourth-order valence-electron chi connectivity index (χ4n) is 2.05. The van der Waals surface area contributed by atoms with Gasteiger partial charge in [0, 0.05) is 32.4 Å². The Bertz CT molecular complexity index is 288. The van der Waals surface area contributed by atoms with E-state index in [9.17, 15) is 18.0 Å². The lowest BCUT2D eigenvalue weighted by atomic mass is 10.1. The number of hydrogen-bond acceptors (Lipinski definition) is 3. The molecule has 1 amide bonds. The van der Waals surface area contributed by atoms with Crippen LogP contribution in [0.1, 0.15) is 57.8 Å². The molecule has 0 aliphatic heterocycles. The van der Waals surface area contributed by atoms with Crippen LogP contribution in [0.2, 0.25) is 0 Å². The molecule has 3 nitrogen and oxygen atoms in total. The van der Waals surface area contributed by atoms with Crippen molar-refractivity contribution < 1.29 is 23.1 Å². The van der Waals surface area contributed by atoms with E-state index in [1.807, 2.05) is 0 Å². The maximum atomic E-state index is 11.9. The van der Waals surface area contributed by atoms with Crippen molar-refractivity contribution in [2.75, 3.05) is 26.0 Å². The van der Waals surface area contributed by atoms with E-state index < -0.39 is 5.51 Å². The number of aliphatic hydroxyl groups excluding tert-OH is 1. The number of hydrogen-bond donors (Lipinski definition) is 1. The molecule has 0 atom stereocenters. The molecule has 0 aromatic rings. The normalized spacial score (nSPS) is 11.7. The lowest BCUT2D eigenvalue weighted by Crippen LogP contribution is -2.27. The first-order chi connectivity index (χ1) is 10.4. The highest BCUT2D eigenvalue weighted by molar-refractivity contribution is 8.00. The average molecular weight is 343 g/mol. The van der Waals surface area contributed by atoms with Gasteiger partial charge in [-0.3, -0.25) is 4.79 Å². The minimum atomic E-state index is -4.13. The van der Waals surface area contributed by atoms with Gasteiger partial charge in [-0.1, -0.05) is 37.4 Å². The number of rotatable bonds is 13. The van der Waals surface area contributed by atoms with Crippen molar-refractivity contribution in [3.63, 3.8) is 0 Å². The maximum absolute atomic E-state index is 11.9. The molecular formula is C15H28F3NO2S. The van der Waals surface area contributed by atoms with Crippen molar-refractivity contribution in [1.29, 1.82) is 0 Å². The molecule has 0 saturated carbocycles. The third kappa shape index (κ3) is 14.5. The van der Waals surface area contributed by atoms with Crippen molar-refractivity contribution in [1.82, 2.24) is 4.90 Å². The van der Waals surface area contributed by atoms with Crippen molar-refractivity contribution in [3.8, 4) is 0 Å². The topological polar surface area (TPSA) is 40.5 Å². The Labute approximate surface area is 135 Å². The van der Waals surface area contributed by atoms with Gasteiger partial charge < -0.3 is 10.0 Å². The van der Waals surface area contributed by atoms with Crippen LogP contribution in [0.4, 0.5) is 13.2 Å². The summed E-state index contributed by atoms with van der Waals surface area (Å²) < 4.78 is 35.7. The number of nitrogens with zero attached hydrogens (tertiary/aromatic N) is 1. The number of aliphatic hydroxyl groups is 1. The molecule has 0 radical (unpaired) electrons. The Morgan fingerprint density at radius 3 is 2.23 bits per heavy atom. The molecule has 0 spiro atoms. The highest BCUT2D eigenvalue weighted by Gasteiger charge is 2.27. The number of carbonyl (C=O) groups is 1. The molecule has 0 aliphatic rings. The summed E-state index contributed by atoms with van der Waals surface area (Å²) in [4.78, 5) is 13.5. The Kier molecular flexibility index (Phi) is 12.8. The molecule has 7 heteroatoms. The number of unbranched alkanes of at least 4 members (excludes halogenated alkanes) is 6. The third-order valence-electron chi connectivity index (χ3n) is 3.38. The Morgan fingerprint density at radius 2 is 1.59 bits per heavy atom. The summed E-state index contributed by atoms with van der Waals surface area (Å²) in [6.45, 7) is 0.947. The number of amides is 1. The summed E-state index contributed by atoms with van der Waals surface area (Å²) in [5.74, 6) is 0.206. The van der Waals surface area contributed by atoms with Gasteiger partial charge in [-0.05, 0) is 25.7 Å². The van der Waals surface area contributed by atoms with Crippen LogP contribution >= 0.6 is 11.8 Å². The van der Waals surface area contributed by atoms with Gasteiger partial charge in [0.25, 0.3) is 0 Å². The first-order valence-electron chi connectivity index (χ1n) is 7.92. The Morgan fingerprint density at radius 1 is 1.00 bits per heavy atom. The maximum Gasteiger partial charge on any atom is 0.441 e. The molecular weight excluding hydrogens is 315 g/mol. The first kappa shape index (κ1) is 21.6. The largest absolute Gasteiger partial charge is 0.441 e. The third-order valence-corrected chi connectivity index (χ3v) is 4.20. The van der Waals surface area contributed by atoms with Crippen LogP contribution in [0.5, 0.6) is 0 Å². The molecule has 0 rings (SSSR count). The predicted octanol–water partition coefficient (Wildman–Crippen LogP) is 4.20. The second kappa shape index (κ2) is 13.0. The summed E-state index contributed by atoms with van der Waals surface area (Å²) >= 11 is 0.0266. The molecule has 22 heavy (non-hydrogen) atoms. The van der Waals surface area contributed by atoms with Crippen molar-refractivity contribution in [3.05, 3.63) is 0 Å². The van der Waals surface area contributed by atoms with Gasteiger partial charge in [0.1, 0.15) is 0 Å². The van der Waals surface area contributed by atoms with Gasteiger partial charge in [0.05, 0.1) is 0 Å². The summed E-state index contributed by atoms with van der Waals surface area (Å²) in [5, 5.41) is 8.66. The van der Waals surface area contributed by atoms with Crippen LogP contribution in [0.15, 0.2) is 0 Å². The van der Waals surface area contributed by atoms with E-state index in [0.717, 1.165) is 51.5 Å². The zero-order chi connectivity index (χ0) is 16.8. The van der Waals surface area contributed by atoms with E-state index in [1.54, 1.807) is 11.9 Å². The standard InChI is InChI=1S/C15H28F3NO2S/c1-19(11-7-3-4-8-12-20)14(21)10-6-2-5-9-13-22-15(16,17)18/h20H,2-13H2,1H3. The molecule has 132 valence electrons. The van der Waals surface area contributed by atoms with E-state index in [2.05, 4.69) is 0 Å². The smallest absolute Gasteiger partial charge is 0.396 e. The minimum Gasteiger partial charge on any atom is -0.396 e. The average Bonchev–Trinajstić information content (AvgIpc) is 2.44. The molecule has 0 fully saturated rings. The van der Waals surface area contributed by atoms with E-state index in [4.69, 9.17) is 5.11 Å².